The van der Waals surface area contributed by atoms with Gasteiger partial charge in [0.1, 0.15) is 7.11 Å². The first kappa shape index (κ1) is 12.1. The van der Waals surface area contributed by atoms with Gasteiger partial charge < -0.3 is 4.84 Å². The molecule has 1 heterocycles. The number of fused-ring (bicyclic) bond motifs is 1. The summed E-state index contributed by atoms with van der Waals surface area (Å²) in [6.45, 7) is 2.17. The predicted octanol–water partition coefficient (Wildman–Crippen LogP) is 2.92. The summed E-state index contributed by atoms with van der Waals surface area (Å²) in [5.74, 6) is 0. The lowest BCUT2D eigenvalue weighted by atomic mass is 9.95. The molecule has 0 saturated heterocycles. The van der Waals surface area contributed by atoms with Crippen molar-refractivity contribution in [2.24, 2.45) is 5.16 Å². The molecule has 92 valence electrons. The van der Waals surface area contributed by atoms with Crippen LogP contribution in [0, 0.1) is 0 Å². The molecule has 17 heavy (non-hydrogen) atoms. The van der Waals surface area contributed by atoms with Crippen LogP contribution in [-0.4, -0.2) is 17.8 Å². The van der Waals surface area contributed by atoms with Crippen LogP contribution in [-0.2, 0) is 24.1 Å². The summed E-state index contributed by atoms with van der Waals surface area (Å²) in [4.78, 5) is 9.47. The number of oxime groups is 1. The standard InChI is InChI=1S/C14H20N2O/c1-3-11-9-12-7-8-13(16-17-2)5-4-6-14(12)15-10-11/h9-10H,3-8H2,1-2H3/b16-13+. The third-order valence-corrected chi connectivity index (χ3v) is 3.31. The van der Waals surface area contributed by atoms with Crippen LogP contribution in [0.3, 0.4) is 0 Å². The van der Waals surface area contributed by atoms with Gasteiger partial charge in [-0.25, -0.2) is 0 Å². The average Bonchev–Trinajstić information content (AvgIpc) is 2.33. The van der Waals surface area contributed by atoms with Crippen molar-refractivity contribution in [2.45, 2.75) is 45.4 Å². The molecule has 0 fully saturated rings. The van der Waals surface area contributed by atoms with Crippen molar-refractivity contribution >= 4 is 5.71 Å². The maximum absolute atomic E-state index is 4.88. The summed E-state index contributed by atoms with van der Waals surface area (Å²) >= 11 is 0. The molecule has 0 aromatic carbocycles. The van der Waals surface area contributed by atoms with Crippen LogP contribution in [0.2, 0.25) is 0 Å². The first-order valence-electron chi connectivity index (χ1n) is 6.39. The Morgan fingerprint density at radius 3 is 2.94 bits per heavy atom. The molecule has 0 aliphatic heterocycles. The van der Waals surface area contributed by atoms with E-state index in [1.54, 1.807) is 7.11 Å². The second-order valence-electron chi connectivity index (χ2n) is 4.50. The number of nitrogens with zero attached hydrogens (tertiary/aromatic N) is 2. The average molecular weight is 232 g/mol. The first-order chi connectivity index (χ1) is 8.33. The zero-order valence-electron chi connectivity index (χ0n) is 10.7. The zero-order chi connectivity index (χ0) is 12.1. The monoisotopic (exact) mass is 232 g/mol. The molecule has 0 bridgehead atoms. The van der Waals surface area contributed by atoms with Crippen LogP contribution in [0.5, 0.6) is 0 Å². The predicted molar refractivity (Wildman–Crippen MR) is 69.3 cm³/mol. The topological polar surface area (TPSA) is 34.5 Å². The maximum atomic E-state index is 4.88. The smallest absolute Gasteiger partial charge is 0.106 e. The summed E-state index contributed by atoms with van der Waals surface area (Å²) in [7, 11) is 1.62. The van der Waals surface area contributed by atoms with E-state index >= 15 is 0 Å². The summed E-state index contributed by atoms with van der Waals surface area (Å²) < 4.78 is 0. The number of hydrogen-bond donors (Lipinski definition) is 0. The number of aryl methyl sites for hydroxylation is 3. The van der Waals surface area contributed by atoms with Gasteiger partial charge in [0.05, 0.1) is 5.71 Å². The van der Waals surface area contributed by atoms with E-state index in [2.05, 4.69) is 23.1 Å². The van der Waals surface area contributed by atoms with Crippen molar-refractivity contribution in [3.05, 3.63) is 29.1 Å². The summed E-state index contributed by atoms with van der Waals surface area (Å²) in [5.41, 5.74) is 5.18. The molecule has 0 radical (unpaired) electrons. The van der Waals surface area contributed by atoms with Crippen molar-refractivity contribution in [3.8, 4) is 0 Å². The normalized spacial score (nSPS) is 18.4. The van der Waals surface area contributed by atoms with Crippen molar-refractivity contribution in [2.75, 3.05) is 7.11 Å². The van der Waals surface area contributed by atoms with Gasteiger partial charge in [-0.2, -0.15) is 0 Å². The van der Waals surface area contributed by atoms with Crippen LogP contribution < -0.4 is 0 Å². The minimum atomic E-state index is 0.996. The number of pyridine rings is 1. The van der Waals surface area contributed by atoms with E-state index in [9.17, 15) is 0 Å². The molecule has 0 spiro atoms. The summed E-state index contributed by atoms with van der Waals surface area (Å²) in [5, 5.41) is 4.10. The Kier molecular flexibility index (Phi) is 4.13. The molecule has 3 heteroatoms. The largest absolute Gasteiger partial charge is 0.399 e. The molecule has 1 aromatic rings. The van der Waals surface area contributed by atoms with Gasteiger partial charge in [0, 0.05) is 11.9 Å². The number of rotatable bonds is 2. The minimum absolute atomic E-state index is 0.996. The van der Waals surface area contributed by atoms with Crippen LogP contribution in [0.1, 0.15) is 43.0 Å². The maximum Gasteiger partial charge on any atom is 0.106 e. The van der Waals surface area contributed by atoms with E-state index in [1.807, 2.05) is 6.20 Å². The molecule has 0 amide bonds. The van der Waals surface area contributed by atoms with E-state index in [4.69, 9.17) is 4.84 Å². The second kappa shape index (κ2) is 5.80. The second-order valence-corrected chi connectivity index (χ2v) is 4.50. The number of hydrogen-bond acceptors (Lipinski definition) is 3. The third kappa shape index (κ3) is 3.05. The summed E-state index contributed by atoms with van der Waals surface area (Å²) in [6.07, 6.45) is 8.32. The Morgan fingerprint density at radius 2 is 2.18 bits per heavy atom. The van der Waals surface area contributed by atoms with Gasteiger partial charge in [-0.15, -0.1) is 0 Å². The molecular weight excluding hydrogens is 212 g/mol. The molecule has 3 nitrogen and oxygen atoms in total. The Bertz CT molecular complexity index is 413. The Morgan fingerprint density at radius 1 is 1.29 bits per heavy atom. The van der Waals surface area contributed by atoms with Gasteiger partial charge in [-0.3, -0.25) is 4.98 Å². The van der Waals surface area contributed by atoms with Gasteiger partial charge in [0.15, 0.2) is 0 Å². The Labute approximate surface area is 103 Å². The van der Waals surface area contributed by atoms with Crippen LogP contribution in [0.25, 0.3) is 0 Å². The van der Waals surface area contributed by atoms with Crippen molar-refractivity contribution in [1.29, 1.82) is 0 Å². The highest BCUT2D eigenvalue weighted by Gasteiger charge is 2.12. The molecule has 0 saturated carbocycles. The zero-order valence-corrected chi connectivity index (χ0v) is 10.7. The molecular formula is C14H20N2O. The van der Waals surface area contributed by atoms with E-state index in [0.29, 0.717) is 0 Å². The highest BCUT2D eigenvalue weighted by molar-refractivity contribution is 5.84. The van der Waals surface area contributed by atoms with E-state index < -0.39 is 0 Å². The van der Waals surface area contributed by atoms with Crippen molar-refractivity contribution < 1.29 is 4.84 Å². The number of aromatic nitrogens is 1. The Balaban J connectivity index is 2.19. The van der Waals surface area contributed by atoms with E-state index in [0.717, 1.165) is 38.5 Å². The van der Waals surface area contributed by atoms with Gasteiger partial charge in [-0.1, -0.05) is 18.1 Å². The molecule has 0 N–H and O–H groups in total. The fourth-order valence-corrected chi connectivity index (χ4v) is 2.31. The lowest BCUT2D eigenvalue weighted by Crippen LogP contribution is -2.10. The highest BCUT2D eigenvalue weighted by atomic mass is 16.6. The van der Waals surface area contributed by atoms with E-state index in [-0.39, 0.29) is 0 Å². The quantitative estimate of drug-likeness (QED) is 0.735. The fourth-order valence-electron chi connectivity index (χ4n) is 2.31. The molecule has 1 aliphatic carbocycles. The molecule has 0 atom stereocenters. The lowest BCUT2D eigenvalue weighted by molar-refractivity contribution is 0.211. The van der Waals surface area contributed by atoms with Gasteiger partial charge in [0.2, 0.25) is 0 Å². The SMILES string of the molecule is CCc1cnc2c(c1)CC/C(=N/OC)CCC2. The van der Waals surface area contributed by atoms with Gasteiger partial charge in [-0.05, 0) is 49.7 Å². The minimum Gasteiger partial charge on any atom is -0.399 e. The molecule has 0 unspecified atom stereocenters. The lowest BCUT2D eigenvalue weighted by Gasteiger charge is -2.14. The van der Waals surface area contributed by atoms with E-state index in [1.165, 1.54) is 22.5 Å². The molecule has 1 aromatic heterocycles. The first-order valence-corrected chi connectivity index (χ1v) is 6.39. The highest BCUT2D eigenvalue weighted by Crippen LogP contribution is 2.19. The van der Waals surface area contributed by atoms with Crippen molar-refractivity contribution in [1.82, 2.24) is 4.98 Å². The van der Waals surface area contributed by atoms with Gasteiger partial charge >= 0.3 is 0 Å². The van der Waals surface area contributed by atoms with Crippen LogP contribution >= 0.6 is 0 Å². The van der Waals surface area contributed by atoms with Crippen LogP contribution in [0.4, 0.5) is 0 Å². The molecule has 1 aliphatic rings. The summed E-state index contributed by atoms with van der Waals surface area (Å²) in [6, 6.07) is 2.30. The third-order valence-electron chi connectivity index (χ3n) is 3.31. The van der Waals surface area contributed by atoms with Crippen LogP contribution in [0.15, 0.2) is 17.4 Å². The van der Waals surface area contributed by atoms with Gasteiger partial charge in [0.25, 0.3) is 0 Å². The van der Waals surface area contributed by atoms with Crippen molar-refractivity contribution in [3.63, 3.8) is 0 Å². The molecule has 2 rings (SSSR count). The fraction of sp³-hybridized carbons (Fsp3) is 0.571. The Hall–Kier alpha value is -1.38.